The van der Waals surface area contributed by atoms with Crippen molar-refractivity contribution in [2.24, 2.45) is 0 Å². The molecule has 1 heterocycles. The maximum Gasteiger partial charge on any atom is 0.255 e. The number of rotatable bonds is 5. The molecule has 0 unspecified atom stereocenters. The van der Waals surface area contributed by atoms with Gasteiger partial charge in [0.1, 0.15) is 0 Å². The summed E-state index contributed by atoms with van der Waals surface area (Å²) in [5, 5.41) is 0. The predicted molar refractivity (Wildman–Crippen MR) is 80.3 cm³/mol. The quantitative estimate of drug-likeness (QED) is 0.885. The third-order valence-corrected chi connectivity index (χ3v) is 3.51. The summed E-state index contributed by atoms with van der Waals surface area (Å²) in [6.07, 6.45) is 9.93. The van der Waals surface area contributed by atoms with Gasteiger partial charge in [-0.1, -0.05) is 42.5 Å². The molecule has 0 aliphatic heterocycles. The van der Waals surface area contributed by atoms with Gasteiger partial charge < -0.3 is 9.88 Å². The fourth-order valence-corrected chi connectivity index (χ4v) is 2.27. The highest BCUT2D eigenvalue weighted by atomic mass is 16.2. The fraction of sp³-hybridized carbons (Fsp3) is 0.235. The molecule has 0 spiro atoms. The van der Waals surface area contributed by atoms with E-state index in [-0.39, 0.29) is 5.91 Å². The Kier molecular flexibility index (Phi) is 3.68. The number of aromatic nitrogens is 1. The summed E-state index contributed by atoms with van der Waals surface area (Å²) >= 11 is 0. The second kappa shape index (κ2) is 5.78. The zero-order valence-corrected chi connectivity index (χ0v) is 11.3. The largest absolute Gasteiger partial charge is 0.367 e. The van der Waals surface area contributed by atoms with Crippen molar-refractivity contribution in [1.29, 1.82) is 0 Å². The molecule has 0 radical (unpaired) electrons. The van der Waals surface area contributed by atoms with E-state index in [1.807, 2.05) is 29.2 Å². The Labute approximate surface area is 118 Å². The van der Waals surface area contributed by atoms with E-state index < -0.39 is 0 Å². The Morgan fingerprint density at radius 2 is 2.05 bits per heavy atom. The molecule has 0 saturated heterocycles. The van der Waals surface area contributed by atoms with E-state index in [4.69, 9.17) is 0 Å². The van der Waals surface area contributed by atoms with Crippen LogP contribution in [0.5, 0.6) is 0 Å². The lowest BCUT2D eigenvalue weighted by atomic mass is 10.2. The summed E-state index contributed by atoms with van der Waals surface area (Å²) in [5.41, 5.74) is 1.90. The number of aromatic amines is 1. The molecule has 1 aromatic carbocycles. The molecular weight excluding hydrogens is 248 g/mol. The average molecular weight is 266 g/mol. The standard InChI is InChI=1S/C17H18N2O/c20-17(15-10-11-18-13-15)19(16-8-9-16)12-4-7-14-5-2-1-3-6-14/h1-7,10-11,13,16,18H,8-9,12H2/b7-4+. The van der Waals surface area contributed by atoms with Crippen molar-refractivity contribution in [3.63, 3.8) is 0 Å². The second-order valence-electron chi connectivity index (χ2n) is 5.10. The number of carbonyl (C=O) groups is 1. The van der Waals surface area contributed by atoms with Crippen LogP contribution in [0.15, 0.2) is 54.9 Å². The van der Waals surface area contributed by atoms with Crippen LogP contribution in [0.3, 0.4) is 0 Å². The lowest BCUT2D eigenvalue weighted by Gasteiger charge is -2.20. The zero-order chi connectivity index (χ0) is 13.8. The number of hydrogen-bond donors (Lipinski definition) is 1. The van der Waals surface area contributed by atoms with Crippen LogP contribution in [0.25, 0.3) is 6.08 Å². The van der Waals surface area contributed by atoms with E-state index in [1.54, 1.807) is 12.4 Å². The van der Waals surface area contributed by atoms with Gasteiger partial charge in [-0.25, -0.2) is 0 Å². The van der Waals surface area contributed by atoms with Gasteiger partial charge in [-0.05, 0) is 24.5 Å². The molecule has 1 amide bonds. The van der Waals surface area contributed by atoms with Crippen molar-refractivity contribution in [3.05, 3.63) is 66.0 Å². The van der Waals surface area contributed by atoms with Gasteiger partial charge in [0.05, 0.1) is 5.56 Å². The fourth-order valence-electron chi connectivity index (χ4n) is 2.27. The molecule has 3 heteroatoms. The highest BCUT2D eigenvalue weighted by Gasteiger charge is 2.32. The predicted octanol–water partition coefficient (Wildman–Crippen LogP) is 3.33. The van der Waals surface area contributed by atoms with Crippen molar-refractivity contribution >= 4 is 12.0 Å². The minimum absolute atomic E-state index is 0.117. The summed E-state index contributed by atoms with van der Waals surface area (Å²) in [5.74, 6) is 0.117. The van der Waals surface area contributed by atoms with E-state index >= 15 is 0 Å². The van der Waals surface area contributed by atoms with Gasteiger partial charge >= 0.3 is 0 Å². The molecule has 3 nitrogen and oxygen atoms in total. The number of benzene rings is 1. The van der Waals surface area contributed by atoms with E-state index in [0.717, 1.165) is 24.0 Å². The summed E-state index contributed by atoms with van der Waals surface area (Å²) < 4.78 is 0. The lowest BCUT2D eigenvalue weighted by Crippen LogP contribution is -2.33. The summed E-state index contributed by atoms with van der Waals surface area (Å²) in [6, 6.07) is 12.4. The number of nitrogens with zero attached hydrogens (tertiary/aromatic N) is 1. The average Bonchev–Trinajstić information content (AvgIpc) is 3.17. The summed E-state index contributed by atoms with van der Waals surface area (Å²) in [4.78, 5) is 17.3. The number of amides is 1. The number of carbonyl (C=O) groups excluding carboxylic acids is 1. The highest BCUT2D eigenvalue weighted by molar-refractivity contribution is 5.94. The van der Waals surface area contributed by atoms with Gasteiger partial charge in [-0.15, -0.1) is 0 Å². The first-order chi connectivity index (χ1) is 9.84. The van der Waals surface area contributed by atoms with Crippen LogP contribution in [-0.2, 0) is 0 Å². The molecule has 1 fully saturated rings. The Bertz CT molecular complexity index is 583. The molecule has 1 N–H and O–H groups in total. The van der Waals surface area contributed by atoms with Crippen LogP contribution in [-0.4, -0.2) is 28.4 Å². The Balaban J connectivity index is 1.66. The molecule has 1 aliphatic carbocycles. The molecule has 3 rings (SSSR count). The van der Waals surface area contributed by atoms with Crippen LogP contribution in [0.4, 0.5) is 0 Å². The molecule has 20 heavy (non-hydrogen) atoms. The third-order valence-electron chi connectivity index (χ3n) is 3.51. The lowest BCUT2D eigenvalue weighted by molar-refractivity contribution is 0.0763. The van der Waals surface area contributed by atoms with Crippen molar-refractivity contribution in [2.75, 3.05) is 6.54 Å². The van der Waals surface area contributed by atoms with E-state index in [1.165, 1.54) is 0 Å². The van der Waals surface area contributed by atoms with Gasteiger partial charge in [-0.3, -0.25) is 4.79 Å². The topological polar surface area (TPSA) is 36.1 Å². The smallest absolute Gasteiger partial charge is 0.255 e. The van der Waals surface area contributed by atoms with Crippen LogP contribution in [0, 0.1) is 0 Å². The third kappa shape index (κ3) is 2.99. The Morgan fingerprint density at radius 1 is 1.25 bits per heavy atom. The van der Waals surface area contributed by atoms with Crippen molar-refractivity contribution in [3.8, 4) is 0 Å². The monoisotopic (exact) mass is 266 g/mol. The number of hydrogen-bond acceptors (Lipinski definition) is 1. The highest BCUT2D eigenvalue weighted by Crippen LogP contribution is 2.28. The summed E-state index contributed by atoms with van der Waals surface area (Å²) in [7, 11) is 0. The van der Waals surface area contributed by atoms with Gasteiger partial charge in [0.25, 0.3) is 5.91 Å². The van der Waals surface area contributed by atoms with Gasteiger partial charge in [0.15, 0.2) is 0 Å². The Morgan fingerprint density at radius 3 is 2.70 bits per heavy atom. The molecule has 102 valence electrons. The minimum Gasteiger partial charge on any atom is -0.367 e. The maximum atomic E-state index is 12.4. The molecule has 0 atom stereocenters. The van der Waals surface area contributed by atoms with Crippen molar-refractivity contribution < 1.29 is 4.79 Å². The van der Waals surface area contributed by atoms with Gasteiger partial charge in [-0.2, -0.15) is 0 Å². The van der Waals surface area contributed by atoms with Crippen LogP contribution in [0.2, 0.25) is 0 Å². The molecule has 1 saturated carbocycles. The molecule has 1 aliphatic rings. The number of nitrogens with one attached hydrogen (secondary N) is 1. The molecule has 0 bridgehead atoms. The number of H-pyrrole nitrogens is 1. The second-order valence-corrected chi connectivity index (χ2v) is 5.10. The normalized spacial score (nSPS) is 14.6. The van der Waals surface area contributed by atoms with E-state index in [2.05, 4.69) is 29.3 Å². The SMILES string of the molecule is O=C(c1cc[nH]c1)N(C/C=C/c1ccccc1)C1CC1. The van der Waals surface area contributed by atoms with Crippen LogP contribution in [0.1, 0.15) is 28.8 Å². The first kappa shape index (κ1) is 12.7. The molecule has 2 aromatic rings. The zero-order valence-electron chi connectivity index (χ0n) is 11.3. The molecule has 1 aromatic heterocycles. The minimum atomic E-state index is 0.117. The van der Waals surface area contributed by atoms with Crippen LogP contribution >= 0.6 is 0 Å². The van der Waals surface area contributed by atoms with E-state index in [9.17, 15) is 4.79 Å². The van der Waals surface area contributed by atoms with Crippen molar-refractivity contribution in [1.82, 2.24) is 9.88 Å². The van der Waals surface area contributed by atoms with Gasteiger partial charge in [0, 0.05) is 25.0 Å². The van der Waals surface area contributed by atoms with Gasteiger partial charge in [0.2, 0.25) is 0 Å². The maximum absolute atomic E-state index is 12.4. The van der Waals surface area contributed by atoms with E-state index in [0.29, 0.717) is 12.6 Å². The first-order valence-corrected chi connectivity index (χ1v) is 7.00. The summed E-state index contributed by atoms with van der Waals surface area (Å²) in [6.45, 7) is 0.670. The Hall–Kier alpha value is -2.29. The van der Waals surface area contributed by atoms with Crippen molar-refractivity contribution in [2.45, 2.75) is 18.9 Å². The molecular formula is C17H18N2O. The first-order valence-electron chi connectivity index (χ1n) is 7.00. The van der Waals surface area contributed by atoms with Crippen LogP contribution < -0.4 is 0 Å².